The Hall–Kier alpha value is -1.88. The molecule has 2 aromatic rings. The molecule has 0 saturated heterocycles. The van der Waals surface area contributed by atoms with Crippen LogP contribution in [0.5, 0.6) is 0 Å². The van der Waals surface area contributed by atoms with Crippen molar-refractivity contribution in [2.24, 2.45) is 0 Å². The molecule has 0 radical (unpaired) electrons. The molecule has 0 aliphatic carbocycles. The molecule has 0 aliphatic rings. The van der Waals surface area contributed by atoms with Gasteiger partial charge in [-0.3, -0.25) is 19.3 Å². The zero-order chi connectivity index (χ0) is 11.5. The molecule has 1 N–H and O–H groups in total. The minimum absolute atomic E-state index is 0.00587. The standard InChI is InChI=1S/C10H8ClN3O2/c11-8-6-14(10(16)13-9(8)15)5-7-1-3-12-4-2-7/h1-4,6H,5H2,(H,13,15,16). The third-order valence-electron chi connectivity index (χ3n) is 2.07. The SMILES string of the molecule is O=c1[nH]c(=O)n(Cc2ccncc2)cc1Cl. The maximum absolute atomic E-state index is 11.4. The Morgan fingerprint density at radius 3 is 2.69 bits per heavy atom. The fourth-order valence-electron chi connectivity index (χ4n) is 1.29. The molecule has 0 atom stereocenters. The minimum atomic E-state index is -0.572. The fourth-order valence-corrected chi connectivity index (χ4v) is 1.45. The molecule has 82 valence electrons. The van der Waals surface area contributed by atoms with Gasteiger partial charge in [0, 0.05) is 18.6 Å². The van der Waals surface area contributed by atoms with Crippen molar-refractivity contribution < 1.29 is 0 Å². The van der Waals surface area contributed by atoms with Crippen LogP contribution in [0.4, 0.5) is 0 Å². The predicted octanol–water partition coefficient (Wildman–Crippen LogP) is 0.633. The van der Waals surface area contributed by atoms with E-state index in [9.17, 15) is 9.59 Å². The molecule has 0 amide bonds. The number of aromatic amines is 1. The summed E-state index contributed by atoms with van der Waals surface area (Å²) in [5.41, 5.74) is -0.149. The first kappa shape index (κ1) is 10.6. The zero-order valence-corrected chi connectivity index (χ0v) is 8.94. The summed E-state index contributed by atoms with van der Waals surface area (Å²) in [7, 11) is 0. The number of pyridine rings is 1. The van der Waals surface area contributed by atoms with Crippen LogP contribution in [-0.2, 0) is 6.54 Å². The molecule has 2 aromatic heterocycles. The quantitative estimate of drug-likeness (QED) is 0.833. The van der Waals surface area contributed by atoms with E-state index in [0.29, 0.717) is 6.54 Å². The number of aromatic nitrogens is 3. The summed E-state index contributed by atoms with van der Waals surface area (Å²) < 4.78 is 1.33. The van der Waals surface area contributed by atoms with Crippen molar-refractivity contribution in [3.05, 3.63) is 62.1 Å². The van der Waals surface area contributed by atoms with E-state index >= 15 is 0 Å². The van der Waals surface area contributed by atoms with Gasteiger partial charge in [-0.15, -0.1) is 0 Å². The molecule has 2 rings (SSSR count). The van der Waals surface area contributed by atoms with Gasteiger partial charge in [-0.2, -0.15) is 0 Å². The summed E-state index contributed by atoms with van der Waals surface area (Å²) in [6.45, 7) is 0.345. The van der Waals surface area contributed by atoms with Gasteiger partial charge in [0.15, 0.2) is 0 Å². The largest absolute Gasteiger partial charge is 0.328 e. The molecule has 5 nitrogen and oxygen atoms in total. The second kappa shape index (κ2) is 4.32. The number of rotatable bonds is 2. The lowest BCUT2D eigenvalue weighted by Crippen LogP contribution is -2.29. The maximum atomic E-state index is 11.4. The molecule has 0 aliphatic heterocycles. The Bertz CT molecular complexity index is 603. The molecule has 0 bridgehead atoms. The zero-order valence-electron chi connectivity index (χ0n) is 8.18. The van der Waals surface area contributed by atoms with Crippen LogP contribution >= 0.6 is 11.6 Å². The van der Waals surface area contributed by atoms with Gasteiger partial charge >= 0.3 is 5.69 Å². The number of nitrogens with one attached hydrogen (secondary N) is 1. The first-order valence-electron chi connectivity index (χ1n) is 4.55. The third-order valence-corrected chi connectivity index (χ3v) is 2.34. The number of halogens is 1. The second-order valence-electron chi connectivity index (χ2n) is 3.22. The summed E-state index contributed by atoms with van der Waals surface area (Å²) in [5, 5.41) is -0.00587. The summed E-state index contributed by atoms with van der Waals surface area (Å²) in [4.78, 5) is 28.5. The number of hydrogen-bond acceptors (Lipinski definition) is 3. The second-order valence-corrected chi connectivity index (χ2v) is 3.63. The number of nitrogens with zero attached hydrogens (tertiary/aromatic N) is 2. The van der Waals surface area contributed by atoms with Crippen LogP contribution in [0.15, 0.2) is 40.3 Å². The van der Waals surface area contributed by atoms with E-state index in [0.717, 1.165) is 5.56 Å². The molecule has 0 saturated carbocycles. The summed E-state index contributed by atoms with van der Waals surface area (Å²) in [6.07, 6.45) is 4.59. The smallest absolute Gasteiger partial charge is 0.295 e. The van der Waals surface area contributed by atoms with E-state index in [1.165, 1.54) is 10.8 Å². The Kier molecular flexibility index (Phi) is 2.87. The summed E-state index contributed by atoms with van der Waals surface area (Å²) >= 11 is 5.64. The van der Waals surface area contributed by atoms with Crippen molar-refractivity contribution >= 4 is 11.6 Å². The van der Waals surface area contributed by atoms with E-state index in [-0.39, 0.29) is 5.02 Å². The monoisotopic (exact) mass is 237 g/mol. The minimum Gasteiger partial charge on any atom is -0.295 e. The van der Waals surface area contributed by atoms with Crippen LogP contribution in [0.3, 0.4) is 0 Å². The van der Waals surface area contributed by atoms with Crippen LogP contribution in [0.1, 0.15) is 5.56 Å². The number of H-pyrrole nitrogens is 1. The van der Waals surface area contributed by atoms with E-state index in [2.05, 4.69) is 9.97 Å². The van der Waals surface area contributed by atoms with Gasteiger partial charge in [0.1, 0.15) is 5.02 Å². The Morgan fingerprint density at radius 2 is 2.00 bits per heavy atom. The highest BCUT2D eigenvalue weighted by molar-refractivity contribution is 6.30. The van der Waals surface area contributed by atoms with E-state index in [1.807, 2.05) is 0 Å². The predicted molar refractivity (Wildman–Crippen MR) is 59.7 cm³/mol. The lowest BCUT2D eigenvalue weighted by atomic mass is 10.3. The van der Waals surface area contributed by atoms with Crippen molar-refractivity contribution in [2.75, 3.05) is 0 Å². The molecule has 2 heterocycles. The third kappa shape index (κ3) is 2.20. The summed E-state index contributed by atoms with van der Waals surface area (Å²) in [5.74, 6) is 0. The Labute approximate surface area is 95.3 Å². The van der Waals surface area contributed by atoms with Crippen LogP contribution in [0, 0.1) is 0 Å². The van der Waals surface area contributed by atoms with Gasteiger partial charge in [0.25, 0.3) is 5.56 Å². The van der Waals surface area contributed by atoms with Crippen LogP contribution in [0.2, 0.25) is 5.02 Å². The first-order valence-corrected chi connectivity index (χ1v) is 4.93. The molecule has 0 aromatic carbocycles. The molecular weight excluding hydrogens is 230 g/mol. The van der Waals surface area contributed by atoms with E-state index in [1.54, 1.807) is 24.5 Å². The Balaban J connectivity index is 2.40. The molecule has 16 heavy (non-hydrogen) atoms. The lowest BCUT2D eigenvalue weighted by Gasteiger charge is -2.04. The van der Waals surface area contributed by atoms with Gasteiger partial charge in [-0.05, 0) is 17.7 Å². The van der Waals surface area contributed by atoms with E-state index < -0.39 is 11.2 Å². The first-order chi connectivity index (χ1) is 7.66. The molecular formula is C10H8ClN3O2. The lowest BCUT2D eigenvalue weighted by molar-refractivity contribution is 0.720. The van der Waals surface area contributed by atoms with Gasteiger partial charge in [0.05, 0.1) is 6.54 Å². The molecule has 0 spiro atoms. The Morgan fingerprint density at radius 1 is 1.31 bits per heavy atom. The summed E-state index contributed by atoms with van der Waals surface area (Å²) in [6, 6.07) is 3.57. The maximum Gasteiger partial charge on any atom is 0.328 e. The van der Waals surface area contributed by atoms with Crippen molar-refractivity contribution in [3.63, 3.8) is 0 Å². The van der Waals surface area contributed by atoms with Crippen molar-refractivity contribution in [3.8, 4) is 0 Å². The van der Waals surface area contributed by atoms with E-state index in [4.69, 9.17) is 11.6 Å². The fraction of sp³-hybridized carbons (Fsp3) is 0.100. The van der Waals surface area contributed by atoms with Crippen molar-refractivity contribution in [2.45, 2.75) is 6.54 Å². The van der Waals surface area contributed by atoms with Crippen LogP contribution < -0.4 is 11.2 Å². The normalized spacial score (nSPS) is 10.3. The highest BCUT2D eigenvalue weighted by Gasteiger charge is 2.02. The highest BCUT2D eigenvalue weighted by atomic mass is 35.5. The van der Waals surface area contributed by atoms with Crippen LogP contribution in [0.25, 0.3) is 0 Å². The van der Waals surface area contributed by atoms with Gasteiger partial charge < -0.3 is 0 Å². The molecule has 0 unspecified atom stereocenters. The topological polar surface area (TPSA) is 67.8 Å². The molecule has 6 heteroatoms. The average Bonchev–Trinajstić information content (AvgIpc) is 2.27. The molecule has 0 fully saturated rings. The van der Waals surface area contributed by atoms with Crippen molar-refractivity contribution in [1.29, 1.82) is 0 Å². The van der Waals surface area contributed by atoms with Gasteiger partial charge in [-0.25, -0.2) is 4.79 Å². The highest BCUT2D eigenvalue weighted by Crippen LogP contribution is 2.01. The van der Waals surface area contributed by atoms with Crippen LogP contribution in [-0.4, -0.2) is 14.5 Å². The number of hydrogen-bond donors (Lipinski definition) is 1. The van der Waals surface area contributed by atoms with Crippen molar-refractivity contribution in [1.82, 2.24) is 14.5 Å². The van der Waals surface area contributed by atoms with Gasteiger partial charge in [-0.1, -0.05) is 11.6 Å². The average molecular weight is 238 g/mol. The van der Waals surface area contributed by atoms with Gasteiger partial charge in [0.2, 0.25) is 0 Å².